The molecule has 1 aliphatic heterocycles. The van der Waals surface area contributed by atoms with Crippen LogP contribution < -0.4 is 0 Å². The van der Waals surface area contributed by atoms with Gasteiger partial charge in [0.25, 0.3) is 5.91 Å². The maximum Gasteiger partial charge on any atom is 0.274 e. The van der Waals surface area contributed by atoms with Gasteiger partial charge >= 0.3 is 0 Å². The molecule has 6 nitrogen and oxygen atoms in total. The Kier molecular flexibility index (Phi) is 5.07. The molecule has 0 saturated carbocycles. The minimum absolute atomic E-state index is 0.0963. The van der Waals surface area contributed by atoms with Crippen LogP contribution in [0.5, 0.6) is 0 Å². The predicted molar refractivity (Wildman–Crippen MR) is 102 cm³/mol. The number of rotatable bonds is 3. The van der Waals surface area contributed by atoms with Crippen LogP contribution >= 0.6 is 11.6 Å². The molecule has 0 spiro atoms. The van der Waals surface area contributed by atoms with Crippen molar-refractivity contribution in [3.05, 3.63) is 71.7 Å². The molecule has 0 aliphatic carbocycles. The van der Waals surface area contributed by atoms with Gasteiger partial charge in [0, 0.05) is 54.4 Å². The van der Waals surface area contributed by atoms with Crippen molar-refractivity contribution >= 4 is 17.5 Å². The van der Waals surface area contributed by atoms with E-state index in [4.69, 9.17) is 11.6 Å². The van der Waals surface area contributed by atoms with Crippen molar-refractivity contribution in [3.8, 4) is 11.3 Å². The average Bonchev–Trinajstić information content (AvgIpc) is 2.74. The van der Waals surface area contributed by atoms with Gasteiger partial charge in [0.05, 0.1) is 17.6 Å². The van der Waals surface area contributed by atoms with E-state index in [9.17, 15) is 4.79 Å². The highest BCUT2D eigenvalue weighted by molar-refractivity contribution is 6.30. The lowest BCUT2D eigenvalue weighted by atomic mass is 9.91. The molecule has 0 N–H and O–H groups in total. The second-order valence-corrected chi connectivity index (χ2v) is 6.92. The molecule has 0 bridgehead atoms. The van der Waals surface area contributed by atoms with Crippen LogP contribution in [0, 0.1) is 0 Å². The van der Waals surface area contributed by atoms with Gasteiger partial charge in [-0.15, -0.1) is 0 Å². The molecule has 0 radical (unpaired) electrons. The first-order valence-electron chi connectivity index (χ1n) is 8.84. The summed E-state index contributed by atoms with van der Waals surface area (Å²) in [5.41, 5.74) is 3.02. The van der Waals surface area contributed by atoms with Crippen LogP contribution in [0.15, 0.2) is 55.2 Å². The van der Waals surface area contributed by atoms with E-state index in [1.54, 1.807) is 18.6 Å². The van der Waals surface area contributed by atoms with E-state index in [1.807, 2.05) is 29.2 Å². The molecule has 1 fully saturated rings. The fourth-order valence-corrected chi connectivity index (χ4v) is 3.65. The second kappa shape index (κ2) is 7.80. The zero-order chi connectivity index (χ0) is 18.6. The third kappa shape index (κ3) is 3.80. The monoisotopic (exact) mass is 379 g/mol. The van der Waals surface area contributed by atoms with E-state index >= 15 is 0 Å². The first-order chi connectivity index (χ1) is 13.2. The van der Waals surface area contributed by atoms with Gasteiger partial charge in [-0.2, -0.15) is 0 Å². The lowest BCUT2D eigenvalue weighted by molar-refractivity contribution is 0.0699. The average molecular weight is 380 g/mol. The summed E-state index contributed by atoms with van der Waals surface area (Å²) < 4.78 is 0. The normalized spacial score (nSPS) is 16.9. The van der Waals surface area contributed by atoms with Crippen LogP contribution in [0.2, 0.25) is 5.02 Å². The summed E-state index contributed by atoms with van der Waals surface area (Å²) in [5.74, 6) is 0.0167. The molecular weight excluding hydrogens is 362 g/mol. The van der Waals surface area contributed by atoms with Crippen molar-refractivity contribution in [1.82, 2.24) is 24.8 Å². The zero-order valence-corrected chi connectivity index (χ0v) is 15.4. The molecule has 4 rings (SSSR count). The van der Waals surface area contributed by atoms with Crippen molar-refractivity contribution in [3.63, 3.8) is 0 Å². The van der Waals surface area contributed by atoms with Crippen molar-refractivity contribution in [2.45, 2.75) is 18.8 Å². The number of likely N-dealkylation sites (tertiary alicyclic amines) is 1. The van der Waals surface area contributed by atoms with E-state index in [1.165, 1.54) is 12.4 Å². The van der Waals surface area contributed by atoms with E-state index in [-0.39, 0.29) is 11.8 Å². The second-order valence-electron chi connectivity index (χ2n) is 6.48. The van der Waals surface area contributed by atoms with Crippen LogP contribution in [-0.2, 0) is 0 Å². The van der Waals surface area contributed by atoms with Crippen LogP contribution in [0.1, 0.15) is 34.9 Å². The minimum atomic E-state index is -0.0963. The fraction of sp³-hybridized carbons (Fsp3) is 0.250. The van der Waals surface area contributed by atoms with E-state index in [2.05, 4.69) is 19.9 Å². The van der Waals surface area contributed by atoms with Crippen LogP contribution in [0.25, 0.3) is 11.3 Å². The van der Waals surface area contributed by atoms with Crippen molar-refractivity contribution in [2.75, 3.05) is 13.1 Å². The van der Waals surface area contributed by atoms with Gasteiger partial charge < -0.3 is 4.90 Å². The number of aromatic nitrogens is 4. The molecule has 1 atom stereocenters. The maximum absolute atomic E-state index is 12.7. The van der Waals surface area contributed by atoms with E-state index in [0.29, 0.717) is 23.8 Å². The highest BCUT2D eigenvalue weighted by Crippen LogP contribution is 2.32. The number of nitrogens with zero attached hydrogens (tertiary/aromatic N) is 5. The first kappa shape index (κ1) is 17.5. The number of hydrogen-bond donors (Lipinski definition) is 0. The Balaban J connectivity index is 1.62. The van der Waals surface area contributed by atoms with Gasteiger partial charge in [0.1, 0.15) is 5.69 Å². The summed E-state index contributed by atoms with van der Waals surface area (Å²) in [5, 5.41) is 0.659. The highest BCUT2D eigenvalue weighted by Gasteiger charge is 2.29. The van der Waals surface area contributed by atoms with Crippen molar-refractivity contribution in [2.24, 2.45) is 0 Å². The zero-order valence-electron chi connectivity index (χ0n) is 14.6. The number of carbonyl (C=O) groups is 1. The molecule has 0 unspecified atom stereocenters. The number of benzene rings is 1. The van der Waals surface area contributed by atoms with Gasteiger partial charge in [-0.1, -0.05) is 23.7 Å². The van der Waals surface area contributed by atoms with Gasteiger partial charge in [0.15, 0.2) is 0 Å². The summed E-state index contributed by atoms with van der Waals surface area (Å²) in [4.78, 5) is 31.8. The first-order valence-corrected chi connectivity index (χ1v) is 9.22. The lowest BCUT2D eigenvalue weighted by Gasteiger charge is -2.32. The Bertz CT molecular complexity index is 950. The largest absolute Gasteiger partial charge is 0.337 e. The van der Waals surface area contributed by atoms with E-state index in [0.717, 1.165) is 29.8 Å². The van der Waals surface area contributed by atoms with Gasteiger partial charge in [-0.3, -0.25) is 19.7 Å². The maximum atomic E-state index is 12.7. The van der Waals surface area contributed by atoms with Gasteiger partial charge in [-0.25, -0.2) is 4.98 Å². The van der Waals surface area contributed by atoms with Crippen LogP contribution in [0.3, 0.4) is 0 Å². The summed E-state index contributed by atoms with van der Waals surface area (Å²) in [7, 11) is 0. The Morgan fingerprint density at radius 1 is 1.11 bits per heavy atom. The molecule has 27 heavy (non-hydrogen) atoms. The standard InChI is InChI=1S/C20H18ClN5O/c21-16-5-1-3-14(11-16)18-19(25-9-8-24-18)15-4-2-10-26(13-15)20(27)17-12-22-6-7-23-17/h1,3,5-9,11-12,15H,2,4,10,13H2/t15-/m0/s1. The number of halogens is 1. The highest BCUT2D eigenvalue weighted by atomic mass is 35.5. The SMILES string of the molecule is O=C(c1cnccn1)N1CCC[C@H](c2nccnc2-c2cccc(Cl)c2)C1. The fourth-order valence-electron chi connectivity index (χ4n) is 3.46. The van der Waals surface area contributed by atoms with Gasteiger partial charge in [0.2, 0.25) is 0 Å². The Morgan fingerprint density at radius 2 is 1.96 bits per heavy atom. The van der Waals surface area contributed by atoms with Crippen molar-refractivity contribution in [1.29, 1.82) is 0 Å². The summed E-state index contributed by atoms with van der Waals surface area (Å²) in [6, 6.07) is 7.61. The molecule has 1 saturated heterocycles. The molecule has 7 heteroatoms. The third-order valence-corrected chi connectivity index (χ3v) is 4.94. The lowest BCUT2D eigenvalue weighted by Crippen LogP contribution is -2.39. The Hall–Kier alpha value is -2.86. The molecule has 3 aromatic rings. The van der Waals surface area contributed by atoms with E-state index < -0.39 is 0 Å². The number of carbonyl (C=O) groups excluding carboxylic acids is 1. The molecule has 136 valence electrons. The smallest absolute Gasteiger partial charge is 0.274 e. The molecule has 1 amide bonds. The number of piperidine rings is 1. The molecule has 2 aromatic heterocycles. The molecule has 1 aliphatic rings. The summed E-state index contributed by atoms with van der Waals surface area (Å²) in [6.45, 7) is 1.29. The topological polar surface area (TPSA) is 71.9 Å². The molecule has 3 heterocycles. The quantitative estimate of drug-likeness (QED) is 0.695. The van der Waals surface area contributed by atoms with Crippen LogP contribution in [0.4, 0.5) is 0 Å². The molecule has 1 aromatic carbocycles. The van der Waals surface area contributed by atoms with Crippen LogP contribution in [-0.4, -0.2) is 43.8 Å². The summed E-state index contributed by atoms with van der Waals surface area (Å²) >= 11 is 6.15. The minimum Gasteiger partial charge on any atom is -0.337 e. The van der Waals surface area contributed by atoms with Crippen molar-refractivity contribution < 1.29 is 4.79 Å². The Morgan fingerprint density at radius 3 is 2.78 bits per heavy atom. The number of hydrogen-bond acceptors (Lipinski definition) is 5. The number of amides is 1. The third-order valence-electron chi connectivity index (χ3n) is 4.70. The summed E-state index contributed by atoms with van der Waals surface area (Å²) in [6.07, 6.45) is 9.85. The van der Waals surface area contributed by atoms with Gasteiger partial charge in [-0.05, 0) is 25.0 Å². The molecular formula is C20H18ClN5O. The Labute approximate surface area is 162 Å². The predicted octanol–water partition coefficient (Wildman–Crippen LogP) is 3.61.